The van der Waals surface area contributed by atoms with E-state index < -0.39 is 0 Å². The zero-order valence-electron chi connectivity index (χ0n) is 20.4. The molecule has 3 aromatic rings. The molecule has 0 saturated heterocycles. The van der Waals surface area contributed by atoms with Crippen LogP contribution in [0.5, 0.6) is 11.5 Å². The normalized spacial score (nSPS) is 17.6. The van der Waals surface area contributed by atoms with Crippen molar-refractivity contribution < 1.29 is 23.8 Å². The number of esters is 1. The lowest BCUT2D eigenvalue weighted by Gasteiger charge is -2.11. The average Bonchev–Trinajstić information content (AvgIpc) is 2.91. The zero-order chi connectivity index (χ0) is 25.2. The predicted octanol–water partition coefficient (Wildman–Crippen LogP) is 5.45. The highest BCUT2D eigenvalue weighted by Gasteiger charge is 2.25. The Kier molecular flexibility index (Phi) is 8.55. The van der Waals surface area contributed by atoms with Crippen LogP contribution >= 0.6 is 0 Å². The van der Waals surface area contributed by atoms with Gasteiger partial charge in [-0.25, -0.2) is 0 Å². The predicted molar refractivity (Wildman–Crippen MR) is 138 cm³/mol. The van der Waals surface area contributed by atoms with Crippen molar-refractivity contribution in [3.63, 3.8) is 0 Å². The standard InChI is InChI=1S/C29H29N2O5/c1-21-18-36-29(32)16-25(17-30-21)23-10-14-27(15-11-23)34-19-22-8-12-26(13-9-22)35-20-28(31-33-2)24-6-4-3-5-7-24/h3-15,21,25H,16,18-20H2,1-2H3/q+1. The molecule has 7 nitrogen and oxygen atoms in total. The van der Waals surface area contributed by atoms with Crippen LogP contribution in [-0.2, 0) is 21.0 Å². The van der Waals surface area contributed by atoms with Crippen LogP contribution in [0.25, 0.3) is 4.85 Å². The van der Waals surface area contributed by atoms with Crippen molar-refractivity contribution in [2.75, 3.05) is 20.3 Å². The Balaban J connectivity index is 1.30. The lowest BCUT2D eigenvalue weighted by Crippen LogP contribution is -2.17. The van der Waals surface area contributed by atoms with E-state index >= 15 is 0 Å². The van der Waals surface area contributed by atoms with E-state index in [-0.39, 0.29) is 24.3 Å². The van der Waals surface area contributed by atoms with Crippen LogP contribution in [-0.4, -0.2) is 38.0 Å². The third-order valence-corrected chi connectivity index (χ3v) is 5.60. The molecule has 0 aliphatic carbocycles. The summed E-state index contributed by atoms with van der Waals surface area (Å²) in [4.78, 5) is 21.2. The summed E-state index contributed by atoms with van der Waals surface area (Å²) >= 11 is 0. The number of carbonyl (C=O) groups is 1. The minimum atomic E-state index is -0.232. The molecule has 2 unspecified atom stereocenters. The molecule has 0 saturated carbocycles. The van der Waals surface area contributed by atoms with Gasteiger partial charge in [0.2, 0.25) is 0 Å². The summed E-state index contributed by atoms with van der Waals surface area (Å²) in [6, 6.07) is 28.2. The van der Waals surface area contributed by atoms with Gasteiger partial charge >= 0.3 is 12.0 Å². The Morgan fingerprint density at radius 3 is 2.42 bits per heavy atom. The van der Waals surface area contributed by atoms with Crippen LogP contribution < -0.4 is 9.47 Å². The summed E-state index contributed by atoms with van der Waals surface area (Å²) in [5, 5.41) is 4.08. The van der Waals surface area contributed by atoms with Gasteiger partial charge in [0.25, 0.3) is 6.07 Å². The van der Waals surface area contributed by atoms with Crippen molar-refractivity contribution in [1.29, 1.82) is 0 Å². The van der Waals surface area contributed by atoms with E-state index in [1.165, 1.54) is 7.11 Å². The van der Waals surface area contributed by atoms with Crippen molar-refractivity contribution in [2.24, 2.45) is 5.16 Å². The van der Waals surface area contributed by atoms with Gasteiger partial charge in [-0.3, -0.25) is 4.79 Å². The second-order valence-electron chi connectivity index (χ2n) is 8.42. The van der Waals surface area contributed by atoms with Gasteiger partial charge in [0.1, 0.15) is 43.5 Å². The molecule has 7 heteroatoms. The molecule has 1 heterocycles. The van der Waals surface area contributed by atoms with E-state index in [4.69, 9.17) is 19.0 Å². The first kappa shape index (κ1) is 24.8. The zero-order valence-corrected chi connectivity index (χ0v) is 20.4. The highest BCUT2D eigenvalue weighted by Crippen LogP contribution is 2.24. The topological polar surface area (TPSA) is 70.7 Å². The summed E-state index contributed by atoms with van der Waals surface area (Å²) in [6.45, 7) is 2.91. The van der Waals surface area contributed by atoms with E-state index in [2.05, 4.69) is 16.1 Å². The van der Waals surface area contributed by atoms with Gasteiger partial charge in [0.05, 0.1) is 6.42 Å². The fourth-order valence-electron chi connectivity index (χ4n) is 3.63. The molecular weight excluding hydrogens is 456 g/mol. The summed E-state index contributed by atoms with van der Waals surface area (Å²) in [7, 11) is 1.52. The molecule has 4 rings (SSSR count). The van der Waals surface area contributed by atoms with Crippen molar-refractivity contribution in [2.45, 2.75) is 31.9 Å². The number of ether oxygens (including phenoxy) is 3. The molecule has 0 amide bonds. The number of oxime groups is 1. The largest absolute Gasteiger partial charge is 0.489 e. The van der Waals surface area contributed by atoms with E-state index in [9.17, 15) is 4.79 Å². The summed E-state index contributed by atoms with van der Waals surface area (Å²) < 4.78 is 17.0. The first-order valence-electron chi connectivity index (χ1n) is 11.8. The SMILES string of the molecule is CON=C(COc1ccc(COc2ccc(C3C#[N+]C(C)COC(=O)C3)cc2)cc1)c1ccccc1. The monoisotopic (exact) mass is 485 g/mol. The van der Waals surface area contributed by atoms with Crippen LogP contribution in [0.4, 0.5) is 0 Å². The molecule has 2 atom stereocenters. The van der Waals surface area contributed by atoms with Gasteiger partial charge < -0.3 is 19.0 Å². The molecule has 0 N–H and O–H groups in total. The Hall–Kier alpha value is -4.31. The number of hydrogen-bond donors (Lipinski definition) is 0. The Morgan fingerprint density at radius 1 is 1.00 bits per heavy atom. The van der Waals surface area contributed by atoms with Crippen LogP contribution in [0.1, 0.15) is 36.0 Å². The fraction of sp³-hybridized carbons (Fsp3) is 0.276. The first-order chi connectivity index (χ1) is 17.6. The maximum absolute atomic E-state index is 11.9. The first-order valence-corrected chi connectivity index (χ1v) is 11.8. The van der Waals surface area contributed by atoms with Gasteiger partial charge in [-0.2, -0.15) is 0 Å². The molecule has 0 fully saturated rings. The average molecular weight is 486 g/mol. The molecule has 0 spiro atoms. The second kappa shape index (κ2) is 12.4. The Morgan fingerprint density at radius 2 is 1.69 bits per heavy atom. The van der Waals surface area contributed by atoms with Crippen molar-refractivity contribution >= 4 is 11.7 Å². The maximum atomic E-state index is 11.9. The molecule has 0 aromatic heterocycles. The van der Waals surface area contributed by atoms with Crippen LogP contribution in [0, 0.1) is 6.07 Å². The van der Waals surface area contributed by atoms with Crippen molar-refractivity contribution in [1.82, 2.24) is 0 Å². The molecule has 0 bridgehead atoms. The smallest absolute Gasteiger partial charge is 0.307 e. The maximum Gasteiger partial charge on any atom is 0.307 e. The number of hydrogen-bond acceptors (Lipinski definition) is 6. The number of nitrogens with zero attached hydrogens (tertiary/aromatic N) is 2. The third-order valence-electron chi connectivity index (χ3n) is 5.60. The molecule has 0 radical (unpaired) electrons. The summed E-state index contributed by atoms with van der Waals surface area (Å²) in [6.07, 6.45) is 0.231. The minimum absolute atomic E-state index is 0.0828. The van der Waals surface area contributed by atoms with E-state index in [0.29, 0.717) is 25.5 Å². The van der Waals surface area contributed by atoms with Gasteiger partial charge in [-0.15, -0.1) is 0 Å². The van der Waals surface area contributed by atoms with Gasteiger partial charge in [-0.1, -0.05) is 64.6 Å². The van der Waals surface area contributed by atoms with Gasteiger partial charge in [0.15, 0.2) is 6.61 Å². The van der Waals surface area contributed by atoms with E-state index in [1.54, 1.807) is 0 Å². The third kappa shape index (κ3) is 7.09. The van der Waals surface area contributed by atoms with Crippen molar-refractivity contribution in [3.8, 4) is 17.6 Å². The lowest BCUT2D eigenvalue weighted by molar-refractivity contribution is -0.144. The molecule has 36 heavy (non-hydrogen) atoms. The van der Waals surface area contributed by atoms with Gasteiger partial charge in [-0.05, 0) is 35.4 Å². The number of carbonyl (C=O) groups excluding carboxylic acids is 1. The minimum Gasteiger partial charge on any atom is -0.489 e. The number of cyclic esters (lactones) is 1. The molecule has 1 aliphatic rings. The quantitative estimate of drug-likeness (QED) is 0.229. The number of rotatable bonds is 9. The highest BCUT2D eigenvalue weighted by atomic mass is 16.6. The van der Waals surface area contributed by atoms with Crippen LogP contribution in [0.2, 0.25) is 0 Å². The van der Waals surface area contributed by atoms with Crippen LogP contribution in [0.15, 0.2) is 84.0 Å². The molecule has 3 aromatic carbocycles. The van der Waals surface area contributed by atoms with Crippen molar-refractivity contribution in [3.05, 3.63) is 100 Å². The highest BCUT2D eigenvalue weighted by molar-refractivity contribution is 6.01. The fourth-order valence-corrected chi connectivity index (χ4v) is 3.63. The molecule has 1 aliphatic heterocycles. The van der Waals surface area contributed by atoms with E-state index in [0.717, 1.165) is 28.2 Å². The Labute approximate surface area is 211 Å². The summed E-state index contributed by atoms with van der Waals surface area (Å²) in [5.74, 6) is 1.01. The van der Waals surface area contributed by atoms with Gasteiger partial charge in [0, 0.05) is 12.5 Å². The molecular formula is C29H29N2O5+. The Bertz CT molecular complexity index is 1230. The lowest BCUT2D eigenvalue weighted by atomic mass is 9.97. The van der Waals surface area contributed by atoms with E-state index in [1.807, 2.05) is 85.8 Å². The summed E-state index contributed by atoms with van der Waals surface area (Å²) in [5.41, 5.74) is 3.62. The number of benzene rings is 3. The second-order valence-corrected chi connectivity index (χ2v) is 8.42. The molecule has 184 valence electrons. The van der Waals surface area contributed by atoms with Crippen LogP contribution in [0.3, 0.4) is 0 Å².